The average molecular weight is 427 g/mol. The van der Waals surface area contributed by atoms with E-state index in [0.717, 1.165) is 4.90 Å². The number of amides is 4. The summed E-state index contributed by atoms with van der Waals surface area (Å²) >= 11 is 5.81. The summed E-state index contributed by atoms with van der Waals surface area (Å²) in [5, 5.41) is 3.23. The molecule has 1 atom stereocenters. The number of likely N-dealkylation sites (tertiary alicyclic amines) is 1. The number of hydrogen-bond donors (Lipinski definition) is 1. The fourth-order valence-electron chi connectivity index (χ4n) is 3.73. The van der Waals surface area contributed by atoms with Crippen LogP contribution >= 0.6 is 11.6 Å². The molecule has 2 aromatic rings. The highest BCUT2D eigenvalue weighted by atomic mass is 35.5. The second kappa shape index (κ2) is 7.87. The Morgan fingerprint density at radius 2 is 1.90 bits per heavy atom. The Bertz CT molecular complexity index is 1050. The van der Waals surface area contributed by atoms with Crippen molar-refractivity contribution in [3.05, 3.63) is 58.2 Å². The van der Waals surface area contributed by atoms with Gasteiger partial charge in [0.05, 0.1) is 22.1 Å². The largest absolute Gasteiger partial charge is 0.338 e. The highest BCUT2D eigenvalue weighted by Crippen LogP contribution is 2.25. The lowest BCUT2D eigenvalue weighted by Gasteiger charge is -2.32. The van der Waals surface area contributed by atoms with Gasteiger partial charge in [-0.3, -0.25) is 24.1 Å². The smallest absolute Gasteiger partial charge is 0.261 e. The lowest BCUT2D eigenvalue weighted by Crippen LogP contribution is -2.43. The highest BCUT2D eigenvalue weighted by Gasteiger charge is 2.34. The summed E-state index contributed by atoms with van der Waals surface area (Å²) in [6.07, 6.45) is 2.79. The first-order chi connectivity index (χ1) is 14.3. The number of carbonyl (C=O) groups is 4. The number of rotatable bonds is 3. The molecule has 1 saturated heterocycles. The van der Waals surface area contributed by atoms with Crippen LogP contribution in [0.4, 0.5) is 5.82 Å². The predicted octanol–water partition coefficient (Wildman–Crippen LogP) is 2.45. The molecule has 2 aliphatic rings. The van der Waals surface area contributed by atoms with Crippen LogP contribution in [0, 0.1) is 5.92 Å². The van der Waals surface area contributed by atoms with Gasteiger partial charge in [0.15, 0.2) is 0 Å². The van der Waals surface area contributed by atoms with Crippen molar-refractivity contribution in [1.29, 1.82) is 0 Å². The fourth-order valence-corrected chi connectivity index (χ4v) is 3.84. The van der Waals surface area contributed by atoms with Gasteiger partial charge in [0.2, 0.25) is 5.91 Å². The first kappa shape index (κ1) is 20.0. The predicted molar refractivity (Wildman–Crippen MR) is 109 cm³/mol. The van der Waals surface area contributed by atoms with Crippen LogP contribution < -0.4 is 5.32 Å². The summed E-state index contributed by atoms with van der Waals surface area (Å²) in [6, 6.07) is 7.77. The molecule has 1 N–H and O–H groups in total. The van der Waals surface area contributed by atoms with E-state index in [-0.39, 0.29) is 35.7 Å². The number of hydrogen-bond acceptors (Lipinski definition) is 5. The van der Waals surface area contributed by atoms with Gasteiger partial charge in [-0.05, 0) is 43.2 Å². The van der Waals surface area contributed by atoms with Crippen LogP contribution in [0.15, 0.2) is 36.5 Å². The minimum Gasteiger partial charge on any atom is -0.338 e. The molecule has 3 heterocycles. The molecule has 8 nitrogen and oxygen atoms in total. The van der Waals surface area contributed by atoms with Crippen LogP contribution in [0.25, 0.3) is 0 Å². The number of piperidine rings is 1. The minimum absolute atomic E-state index is 0.210. The van der Waals surface area contributed by atoms with E-state index in [4.69, 9.17) is 11.6 Å². The third kappa shape index (κ3) is 3.66. The van der Waals surface area contributed by atoms with E-state index in [9.17, 15) is 19.2 Å². The lowest BCUT2D eigenvalue weighted by molar-refractivity contribution is -0.121. The molecule has 9 heteroatoms. The number of nitrogens with one attached hydrogen (secondary N) is 1. The van der Waals surface area contributed by atoms with E-state index in [1.165, 1.54) is 25.4 Å². The first-order valence-electron chi connectivity index (χ1n) is 9.53. The summed E-state index contributed by atoms with van der Waals surface area (Å²) in [5.41, 5.74) is 0.851. The zero-order chi connectivity index (χ0) is 21.4. The molecular formula is C21H19ClN4O4. The molecule has 1 aromatic heterocycles. The number of fused-ring (bicyclic) bond motifs is 1. The Morgan fingerprint density at radius 3 is 2.63 bits per heavy atom. The number of benzene rings is 1. The van der Waals surface area contributed by atoms with Gasteiger partial charge in [-0.15, -0.1) is 0 Å². The van der Waals surface area contributed by atoms with Crippen LogP contribution in [0.5, 0.6) is 0 Å². The van der Waals surface area contributed by atoms with Gasteiger partial charge in [-0.1, -0.05) is 11.6 Å². The third-order valence-electron chi connectivity index (χ3n) is 5.39. The molecule has 2 aliphatic heterocycles. The Balaban J connectivity index is 1.46. The van der Waals surface area contributed by atoms with E-state index in [0.29, 0.717) is 41.4 Å². The van der Waals surface area contributed by atoms with Gasteiger partial charge in [0, 0.05) is 31.9 Å². The molecule has 154 valence electrons. The Labute approximate surface area is 177 Å². The second-order valence-electron chi connectivity index (χ2n) is 7.37. The van der Waals surface area contributed by atoms with Crippen LogP contribution in [0.2, 0.25) is 5.02 Å². The summed E-state index contributed by atoms with van der Waals surface area (Å²) in [6.45, 7) is 0.786. The van der Waals surface area contributed by atoms with Crippen molar-refractivity contribution in [2.45, 2.75) is 12.8 Å². The summed E-state index contributed by atoms with van der Waals surface area (Å²) in [7, 11) is 1.41. The average Bonchev–Trinajstić information content (AvgIpc) is 2.98. The van der Waals surface area contributed by atoms with Gasteiger partial charge < -0.3 is 10.2 Å². The molecule has 1 unspecified atom stereocenters. The number of halogens is 1. The van der Waals surface area contributed by atoms with Crippen LogP contribution in [-0.2, 0) is 4.79 Å². The highest BCUT2D eigenvalue weighted by molar-refractivity contribution is 6.30. The van der Waals surface area contributed by atoms with Crippen molar-refractivity contribution in [3.63, 3.8) is 0 Å². The Hall–Kier alpha value is -3.26. The molecular weight excluding hydrogens is 408 g/mol. The number of carbonyl (C=O) groups excluding carboxylic acids is 4. The second-order valence-corrected chi connectivity index (χ2v) is 7.81. The molecule has 4 amide bonds. The lowest BCUT2D eigenvalue weighted by atomic mass is 9.96. The van der Waals surface area contributed by atoms with Crippen LogP contribution in [-0.4, -0.2) is 58.5 Å². The van der Waals surface area contributed by atoms with Crippen molar-refractivity contribution in [1.82, 2.24) is 14.8 Å². The maximum absolute atomic E-state index is 13.0. The minimum atomic E-state index is -0.420. The number of imide groups is 1. The van der Waals surface area contributed by atoms with Crippen LogP contribution in [0.3, 0.4) is 0 Å². The maximum atomic E-state index is 13.0. The summed E-state index contributed by atoms with van der Waals surface area (Å²) in [5.74, 6) is -1.24. The summed E-state index contributed by atoms with van der Waals surface area (Å²) in [4.78, 5) is 56.5. The molecule has 30 heavy (non-hydrogen) atoms. The van der Waals surface area contributed by atoms with Gasteiger partial charge >= 0.3 is 0 Å². The molecule has 1 aromatic carbocycles. The SMILES string of the molecule is CN1C(=O)c2ccc(C(=O)N3CCCC(C(=O)Nc4ccc(Cl)cn4)C3)cc2C1=O. The van der Waals surface area contributed by atoms with E-state index >= 15 is 0 Å². The van der Waals surface area contributed by atoms with Gasteiger partial charge in [-0.25, -0.2) is 4.98 Å². The third-order valence-corrected chi connectivity index (χ3v) is 5.62. The quantitative estimate of drug-likeness (QED) is 0.760. The van der Waals surface area contributed by atoms with Crippen molar-refractivity contribution in [2.24, 2.45) is 5.92 Å². The monoisotopic (exact) mass is 426 g/mol. The molecule has 0 bridgehead atoms. The normalized spacial score (nSPS) is 18.4. The van der Waals surface area contributed by atoms with E-state index in [1.807, 2.05) is 0 Å². The van der Waals surface area contributed by atoms with Crippen molar-refractivity contribution in [2.75, 3.05) is 25.5 Å². The van der Waals surface area contributed by atoms with Crippen LogP contribution in [0.1, 0.15) is 43.9 Å². The molecule has 0 saturated carbocycles. The van der Waals surface area contributed by atoms with Crippen molar-refractivity contribution >= 4 is 41.0 Å². The number of nitrogens with zero attached hydrogens (tertiary/aromatic N) is 3. The number of aromatic nitrogens is 1. The fraction of sp³-hybridized carbons (Fsp3) is 0.286. The van der Waals surface area contributed by atoms with E-state index < -0.39 is 5.91 Å². The zero-order valence-corrected chi connectivity index (χ0v) is 17.0. The standard InChI is InChI=1S/C21H19ClN4O4/c1-25-20(29)15-6-4-12(9-16(15)21(25)30)19(28)26-8-2-3-13(11-26)18(27)24-17-7-5-14(22)10-23-17/h4-7,9-10,13H,2-3,8,11H2,1H3,(H,23,24,27). The number of anilines is 1. The first-order valence-corrected chi connectivity index (χ1v) is 9.91. The van der Waals surface area contributed by atoms with E-state index in [2.05, 4.69) is 10.3 Å². The van der Waals surface area contributed by atoms with Gasteiger partial charge in [0.1, 0.15) is 5.82 Å². The molecule has 4 rings (SSSR count). The van der Waals surface area contributed by atoms with Crippen molar-refractivity contribution in [3.8, 4) is 0 Å². The maximum Gasteiger partial charge on any atom is 0.261 e. The Kier molecular flexibility index (Phi) is 5.26. The van der Waals surface area contributed by atoms with Crippen molar-refractivity contribution < 1.29 is 19.2 Å². The van der Waals surface area contributed by atoms with Gasteiger partial charge in [-0.2, -0.15) is 0 Å². The van der Waals surface area contributed by atoms with Gasteiger partial charge in [0.25, 0.3) is 17.7 Å². The van der Waals surface area contributed by atoms with E-state index in [1.54, 1.807) is 23.1 Å². The molecule has 1 fully saturated rings. The molecule has 0 radical (unpaired) electrons. The zero-order valence-electron chi connectivity index (χ0n) is 16.2. The number of pyridine rings is 1. The summed E-state index contributed by atoms with van der Waals surface area (Å²) < 4.78 is 0. The molecule has 0 aliphatic carbocycles. The Morgan fingerprint density at radius 1 is 1.13 bits per heavy atom. The topological polar surface area (TPSA) is 99.7 Å². The molecule has 0 spiro atoms.